The highest BCUT2D eigenvalue weighted by molar-refractivity contribution is 7.92. The Balaban J connectivity index is 1.09. The predicted octanol–water partition coefficient (Wildman–Crippen LogP) is 6.57. The molecule has 1 aliphatic heterocycles. The third kappa shape index (κ3) is 8.34. The molecule has 4 amide bonds. The van der Waals surface area contributed by atoms with Crippen LogP contribution in [-0.2, 0) is 29.1 Å². The van der Waals surface area contributed by atoms with E-state index in [1.807, 2.05) is 41.8 Å². The summed E-state index contributed by atoms with van der Waals surface area (Å²) in [6.07, 6.45) is 3.20. The maximum Gasteiger partial charge on any atom is 0.408 e. The van der Waals surface area contributed by atoms with E-state index in [1.54, 1.807) is 45.0 Å². The smallest absolute Gasteiger partial charge is 0.408 e. The van der Waals surface area contributed by atoms with E-state index < -0.39 is 68.9 Å². The SMILES string of the molecule is C=C[C@@H]1CC1(NC(=O)[C@@H]1C[C@@H](Oc2nc3ccccc3nc2-c2cccs2)CN1C(=O)[C@@H](NC(=O)OC1CCCC1)C(C)(C)C)C(=O)NS(=O)(=O)c1cc2ccccc2s1. The van der Waals surface area contributed by atoms with Crippen LogP contribution in [0, 0.1) is 11.3 Å². The second-order valence-electron chi connectivity index (χ2n) is 16.6. The summed E-state index contributed by atoms with van der Waals surface area (Å²) in [4.78, 5) is 68.5. The Morgan fingerprint density at radius 1 is 0.983 bits per heavy atom. The Kier molecular flexibility index (Phi) is 11.2. The van der Waals surface area contributed by atoms with Gasteiger partial charge in [0.05, 0.1) is 22.5 Å². The Hall–Kier alpha value is -5.39. The summed E-state index contributed by atoms with van der Waals surface area (Å²) < 4.78 is 42.3. The van der Waals surface area contributed by atoms with Crippen LogP contribution in [0.15, 0.2) is 89.0 Å². The molecule has 3 aliphatic rings. The molecule has 3 N–H and O–H groups in total. The zero-order chi connectivity index (χ0) is 42.4. The Morgan fingerprint density at radius 2 is 1.70 bits per heavy atom. The van der Waals surface area contributed by atoms with Gasteiger partial charge >= 0.3 is 6.09 Å². The molecular formula is C43H46N6O8S3. The summed E-state index contributed by atoms with van der Waals surface area (Å²) in [6.45, 7) is 9.16. The highest BCUT2D eigenvalue weighted by Gasteiger charge is 2.61. The number of likely N-dealkylation sites (tertiary alicyclic amines) is 1. The van der Waals surface area contributed by atoms with Crippen molar-refractivity contribution in [3.05, 3.63) is 84.8 Å². The predicted molar refractivity (Wildman–Crippen MR) is 229 cm³/mol. The molecule has 2 aliphatic carbocycles. The van der Waals surface area contributed by atoms with Gasteiger partial charge in [-0.3, -0.25) is 14.4 Å². The number of thiophene rings is 2. The number of sulfonamides is 1. The van der Waals surface area contributed by atoms with Crippen molar-refractivity contribution in [1.29, 1.82) is 0 Å². The minimum atomic E-state index is -4.32. The maximum atomic E-state index is 14.8. The molecular weight excluding hydrogens is 825 g/mol. The van der Waals surface area contributed by atoms with Gasteiger partial charge in [0.2, 0.25) is 17.7 Å². The number of benzene rings is 2. The monoisotopic (exact) mass is 870 g/mol. The van der Waals surface area contributed by atoms with Crippen LogP contribution in [0.25, 0.3) is 31.7 Å². The normalized spacial score (nSPS) is 22.3. The molecule has 8 rings (SSSR count). The minimum Gasteiger partial charge on any atom is -0.471 e. The standard InChI is InChI=1S/C43H46N6O8S3/c1-5-26-23-43(26,40(52)48-60(54,55)34-21-25-13-6-11-18-32(25)59-34)47-37(50)31-22-28(56-38-35(33-19-12-20-58-33)44-29-16-9-10-17-30(29)45-38)24-49(31)39(51)36(42(2,3)4)46-41(53)57-27-14-7-8-15-27/h5-6,9-13,16-21,26-28,31,36H,1,7-8,14-15,22-24H2,2-4H3,(H,46,53)(H,47,50)(H,48,52)/t26-,28-,31+,36-,43?/m1/s1. The summed E-state index contributed by atoms with van der Waals surface area (Å²) in [5, 5.41) is 8.25. The van der Waals surface area contributed by atoms with Gasteiger partial charge in [0, 0.05) is 17.0 Å². The van der Waals surface area contributed by atoms with E-state index in [2.05, 4.69) is 21.9 Å². The fourth-order valence-corrected chi connectivity index (χ4v) is 11.1. The molecule has 2 aromatic carbocycles. The summed E-state index contributed by atoms with van der Waals surface area (Å²) in [5.41, 5.74) is -0.723. The molecule has 314 valence electrons. The fraction of sp³-hybridized carbons (Fsp3) is 0.395. The van der Waals surface area contributed by atoms with Gasteiger partial charge in [-0.2, -0.15) is 0 Å². The van der Waals surface area contributed by atoms with Crippen LogP contribution < -0.4 is 20.1 Å². The van der Waals surface area contributed by atoms with E-state index in [0.29, 0.717) is 22.1 Å². The first-order valence-corrected chi connectivity index (χ1v) is 23.1. The molecule has 3 aromatic heterocycles. The highest BCUT2D eigenvalue weighted by atomic mass is 32.2. The molecule has 2 saturated carbocycles. The van der Waals surface area contributed by atoms with Crippen LogP contribution in [0.5, 0.6) is 5.88 Å². The summed E-state index contributed by atoms with van der Waals surface area (Å²) >= 11 is 2.49. The molecule has 1 unspecified atom stereocenters. The number of hydrogen-bond acceptors (Lipinski definition) is 12. The summed E-state index contributed by atoms with van der Waals surface area (Å²) in [5.74, 6) is -2.54. The highest BCUT2D eigenvalue weighted by Crippen LogP contribution is 2.46. The van der Waals surface area contributed by atoms with E-state index in [4.69, 9.17) is 19.4 Å². The van der Waals surface area contributed by atoms with E-state index in [0.717, 1.165) is 46.6 Å². The van der Waals surface area contributed by atoms with Gasteiger partial charge in [-0.15, -0.1) is 29.3 Å². The van der Waals surface area contributed by atoms with Crippen molar-refractivity contribution in [3.63, 3.8) is 0 Å². The van der Waals surface area contributed by atoms with Crippen molar-refractivity contribution in [3.8, 4) is 16.5 Å². The molecule has 5 atom stereocenters. The number of carbonyl (C=O) groups excluding carboxylic acids is 4. The topological polar surface area (TPSA) is 186 Å². The van der Waals surface area contributed by atoms with Crippen molar-refractivity contribution < 1.29 is 37.1 Å². The first-order chi connectivity index (χ1) is 28.6. The van der Waals surface area contributed by atoms with E-state index in [1.165, 1.54) is 28.4 Å². The first-order valence-electron chi connectivity index (χ1n) is 19.9. The van der Waals surface area contributed by atoms with Crippen LogP contribution in [-0.4, -0.2) is 83.5 Å². The molecule has 0 radical (unpaired) electrons. The summed E-state index contributed by atoms with van der Waals surface area (Å²) in [6, 6.07) is 17.5. The van der Waals surface area contributed by atoms with E-state index >= 15 is 0 Å². The molecule has 60 heavy (non-hydrogen) atoms. The zero-order valence-corrected chi connectivity index (χ0v) is 35.8. The van der Waals surface area contributed by atoms with Gasteiger partial charge in [-0.05, 0) is 78.6 Å². The number of hydrogen-bond donors (Lipinski definition) is 3. The van der Waals surface area contributed by atoms with Gasteiger partial charge in [0.25, 0.3) is 15.9 Å². The Labute approximate surface area is 355 Å². The van der Waals surface area contributed by atoms with Crippen molar-refractivity contribution in [2.45, 2.75) is 93.3 Å². The number of para-hydroxylation sites is 2. The number of fused-ring (bicyclic) bond motifs is 2. The van der Waals surface area contributed by atoms with Gasteiger partial charge in [0.1, 0.15) is 39.7 Å². The maximum absolute atomic E-state index is 14.8. The second kappa shape index (κ2) is 16.2. The van der Waals surface area contributed by atoms with E-state index in [9.17, 15) is 27.6 Å². The number of alkyl carbamates (subject to hydrolysis) is 1. The van der Waals surface area contributed by atoms with Crippen LogP contribution >= 0.6 is 22.7 Å². The number of nitrogens with zero attached hydrogens (tertiary/aromatic N) is 3. The fourth-order valence-electron chi connectivity index (χ4n) is 7.99. The number of ether oxygens (including phenoxy) is 2. The molecule has 17 heteroatoms. The lowest BCUT2D eigenvalue weighted by molar-refractivity contribution is -0.143. The Morgan fingerprint density at radius 3 is 2.37 bits per heavy atom. The second-order valence-corrected chi connectivity index (χ2v) is 20.6. The summed E-state index contributed by atoms with van der Waals surface area (Å²) in [7, 11) is -4.32. The number of amides is 4. The quantitative estimate of drug-likeness (QED) is 0.116. The number of rotatable bonds is 12. The molecule has 1 saturated heterocycles. The van der Waals surface area contributed by atoms with Crippen molar-refractivity contribution >= 4 is 77.6 Å². The third-order valence-corrected chi connectivity index (χ3v) is 15.1. The lowest BCUT2D eigenvalue weighted by atomic mass is 9.85. The van der Waals surface area contributed by atoms with Gasteiger partial charge in [-0.1, -0.05) is 63.2 Å². The van der Waals surface area contributed by atoms with Crippen LogP contribution in [0.4, 0.5) is 4.79 Å². The van der Waals surface area contributed by atoms with E-state index in [-0.39, 0.29) is 35.6 Å². The number of aromatic nitrogens is 2. The molecule has 5 aromatic rings. The van der Waals surface area contributed by atoms with Crippen LogP contribution in [0.3, 0.4) is 0 Å². The molecule has 4 heterocycles. The van der Waals surface area contributed by atoms with Crippen LogP contribution in [0.2, 0.25) is 0 Å². The van der Waals surface area contributed by atoms with Crippen LogP contribution in [0.1, 0.15) is 59.3 Å². The number of nitrogens with one attached hydrogen (secondary N) is 3. The molecule has 0 spiro atoms. The van der Waals surface area contributed by atoms with Crippen molar-refractivity contribution in [2.24, 2.45) is 11.3 Å². The largest absolute Gasteiger partial charge is 0.471 e. The van der Waals surface area contributed by atoms with Gasteiger partial charge < -0.3 is 25.0 Å². The molecule has 0 bridgehead atoms. The first kappa shape index (κ1) is 41.3. The minimum absolute atomic E-state index is 0.0180. The van der Waals surface area contributed by atoms with Crippen molar-refractivity contribution in [2.75, 3.05) is 6.54 Å². The average molecular weight is 871 g/mol. The average Bonchev–Trinajstić information content (AvgIpc) is 3.85. The van der Waals surface area contributed by atoms with Gasteiger partial charge in [0.15, 0.2) is 0 Å². The molecule has 3 fully saturated rings. The molecule has 14 nitrogen and oxygen atoms in total. The third-order valence-electron chi connectivity index (χ3n) is 11.3. The Bertz CT molecular complexity index is 2550. The number of carbonyl (C=O) groups is 4. The lowest BCUT2D eigenvalue weighted by Crippen LogP contribution is -2.60. The van der Waals surface area contributed by atoms with Gasteiger partial charge in [-0.25, -0.2) is 27.9 Å². The zero-order valence-electron chi connectivity index (χ0n) is 33.4. The lowest BCUT2D eigenvalue weighted by Gasteiger charge is -2.35. The van der Waals surface area contributed by atoms with Crippen molar-refractivity contribution in [1.82, 2.24) is 30.2 Å².